The number of pyridine rings is 1. The number of aryl methyl sites for hydroxylation is 1. The summed E-state index contributed by atoms with van der Waals surface area (Å²) in [6, 6.07) is 8.59. The number of carboxylic acid groups (broad SMARTS) is 1. The molecular weight excluding hydrogens is 264 g/mol. The number of halogens is 1. The van der Waals surface area contributed by atoms with E-state index in [4.69, 9.17) is 16.7 Å². The van der Waals surface area contributed by atoms with Crippen LogP contribution in [0.15, 0.2) is 36.5 Å². The third kappa shape index (κ3) is 3.23. The highest BCUT2D eigenvalue weighted by atomic mass is 35.5. The van der Waals surface area contributed by atoms with Crippen molar-refractivity contribution in [3.63, 3.8) is 0 Å². The van der Waals surface area contributed by atoms with Gasteiger partial charge in [0.25, 0.3) is 0 Å². The second kappa shape index (κ2) is 5.71. The quantitative estimate of drug-likeness (QED) is 0.841. The molecule has 0 unspecified atom stereocenters. The van der Waals surface area contributed by atoms with Crippen LogP contribution in [-0.4, -0.2) is 16.1 Å². The fourth-order valence-corrected chi connectivity index (χ4v) is 1.97. The molecule has 5 heteroatoms. The first-order chi connectivity index (χ1) is 9.08. The number of aromatic carboxylic acids is 1. The molecule has 0 aliphatic heterocycles. The minimum Gasteiger partial charge on any atom is -0.478 e. The van der Waals surface area contributed by atoms with E-state index in [9.17, 15) is 4.79 Å². The number of nitrogens with one attached hydrogen (secondary N) is 1. The van der Waals surface area contributed by atoms with Crippen LogP contribution in [0.5, 0.6) is 0 Å². The number of anilines is 1. The van der Waals surface area contributed by atoms with Gasteiger partial charge < -0.3 is 10.4 Å². The fourth-order valence-electron chi connectivity index (χ4n) is 1.69. The van der Waals surface area contributed by atoms with Gasteiger partial charge in [-0.15, -0.1) is 0 Å². The first-order valence-electron chi connectivity index (χ1n) is 5.75. The number of hydrogen-bond acceptors (Lipinski definition) is 3. The van der Waals surface area contributed by atoms with Gasteiger partial charge in [0.05, 0.1) is 11.3 Å². The Balaban J connectivity index is 2.08. The van der Waals surface area contributed by atoms with Gasteiger partial charge in [-0.3, -0.25) is 0 Å². The summed E-state index contributed by atoms with van der Waals surface area (Å²) in [5, 5.41) is 12.5. The molecular formula is C14H13ClN2O2. The minimum atomic E-state index is -0.925. The summed E-state index contributed by atoms with van der Waals surface area (Å²) < 4.78 is 0. The SMILES string of the molecule is Cc1ccnc(Cl)c1NCc1ccc(C(=O)O)cc1. The molecule has 1 aromatic heterocycles. The molecule has 2 aromatic rings. The van der Waals surface area contributed by atoms with Crippen molar-refractivity contribution >= 4 is 23.3 Å². The van der Waals surface area contributed by atoms with E-state index in [2.05, 4.69) is 10.3 Å². The lowest BCUT2D eigenvalue weighted by molar-refractivity contribution is 0.0697. The summed E-state index contributed by atoms with van der Waals surface area (Å²) >= 11 is 6.01. The van der Waals surface area contributed by atoms with Gasteiger partial charge in [-0.25, -0.2) is 9.78 Å². The van der Waals surface area contributed by atoms with Gasteiger partial charge in [-0.05, 0) is 36.2 Å². The van der Waals surface area contributed by atoms with E-state index in [0.29, 0.717) is 11.7 Å². The Labute approximate surface area is 116 Å². The van der Waals surface area contributed by atoms with E-state index < -0.39 is 5.97 Å². The maximum atomic E-state index is 10.7. The van der Waals surface area contributed by atoms with Crippen molar-refractivity contribution in [1.29, 1.82) is 0 Å². The van der Waals surface area contributed by atoms with Gasteiger partial charge in [0.1, 0.15) is 0 Å². The van der Waals surface area contributed by atoms with Crippen LogP contribution in [0.3, 0.4) is 0 Å². The number of hydrogen-bond donors (Lipinski definition) is 2. The predicted molar refractivity (Wildman–Crippen MR) is 74.7 cm³/mol. The van der Waals surface area contributed by atoms with Crippen LogP contribution in [0, 0.1) is 6.92 Å². The third-order valence-corrected chi connectivity index (χ3v) is 3.07. The standard InChI is InChI=1S/C14H13ClN2O2/c1-9-6-7-16-13(15)12(9)17-8-10-2-4-11(5-3-10)14(18)19/h2-7,17H,8H2,1H3,(H,18,19). The van der Waals surface area contributed by atoms with Crippen molar-refractivity contribution in [1.82, 2.24) is 4.98 Å². The highest BCUT2D eigenvalue weighted by Crippen LogP contribution is 2.23. The zero-order chi connectivity index (χ0) is 13.8. The van der Waals surface area contributed by atoms with Crippen molar-refractivity contribution in [3.8, 4) is 0 Å². The molecule has 0 saturated heterocycles. The average Bonchev–Trinajstić information content (AvgIpc) is 2.38. The molecule has 0 saturated carbocycles. The van der Waals surface area contributed by atoms with Crippen molar-refractivity contribution in [2.75, 3.05) is 5.32 Å². The van der Waals surface area contributed by atoms with Gasteiger partial charge in [-0.2, -0.15) is 0 Å². The summed E-state index contributed by atoms with van der Waals surface area (Å²) in [4.78, 5) is 14.8. The van der Waals surface area contributed by atoms with E-state index in [1.54, 1.807) is 30.5 Å². The summed E-state index contributed by atoms with van der Waals surface area (Å²) in [6.45, 7) is 2.51. The van der Waals surface area contributed by atoms with Gasteiger partial charge in [0, 0.05) is 12.7 Å². The molecule has 0 aliphatic carbocycles. The van der Waals surface area contributed by atoms with Crippen LogP contribution < -0.4 is 5.32 Å². The first-order valence-corrected chi connectivity index (χ1v) is 6.13. The van der Waals surface area contributed by atoms with Gasteiger partial charge >= 0.3 is 5.97 Å². The first kappa shape index (κ1) is 13.4. The molecule has 0 spiro atoms. The summed E-state index contributed by atoms with van der Waals surface area (Å²) in [5.41, 5.74) is 3.07. The Hall–Kier alpha value is -2.07. The van der Waals surface area contributed by atoms with E-state index in [1.165, 1.54) is 0 Å². The van der Waals surface area contributed by atoms with Gasteiger partial charge in [0.15, 0.2) is 5.15 Å². The van der Waals surface area contributed by atoms with Crippen LogP contribution in [0.4, 0.5) is 5.69 Å². The van der Waals surface area contributed by atoms with Crippen molar-refractivity contribution < 1.29 is 9.90 Å². The molecule has 1 aromatic carbocycles. The molecule has 0 radical (unpaired) electrons. The molecule has 2 N–H and O–H groups in total. The molecule has 98 valence electrons. The zero-order valence-corrected chi connectivity index (χ0v) is 11.1. The maximum Gasteiger partial charge on any atom is 0.335 e. The molecule has 0 aliphatic rings. The van der Waals surface area contributed by atoms with Gasteiger partial charge in [-0.1, -0.05) is 23.7 Å². The lowest BCUT2D eigenvalue weighted by atomic mass is 10.1. The third-order valence-electron chi connectivity index (χ3n) is 2.78. The van der Waals surface area contributed by atoms with E-state index in [0.717, 1.165) is 16.8 Å². The number of carbonyl (C=O) groups is 1. The number of rotatable bonds is 4. The van der Waals surface area contributed by atoms with Gasteiger partial charge in [0.2, 0.25) is 0 Å². The fraction of sp³-hybridized carbons (Fsp3) is 0.143. The Morgan fingerprint density at radius 2 is 2.00 bits per heavy atom. The Morgan fingerprint density at radius 1 is 1.32 bits per heavy atom. The monoisotopic (exact) mass is 276 g/mol. The van der Waals surface area contributed by atoms with Crippen LogP contribution >= 0.6 is 11.6 Å². The molecule has 4 nitrogen and oxygen atoms in total. The topological polar surface area (TPSA) is 62.2 Å². The molecule has 2 rings (SSSR count). The highest BCUT2D eigenvalue weighted by Gasteiger charge is 2.05. The molecule has 0 bridgehead atoms. The second-order valence-electron chi connectivity index (χ2n) is 4.15. The summed E-state index contributed by atoms with van der Waals surface area (Å²) in [5.74, 6) is -0.925. The Bertz CT molecular complexity index is 577. The minimum absolute atomic E-state index is 0.277. The van der Waals surface area contributed by atoms with E-state index >= 15 is 0 Å². The molecule has 0 atom stereocenters. The summed E-state index contributed by atoms with van der Waals surface area (Å²) in [7, 11) is 0. The largest absolute Gasteiger partial charge is 0.478 e. The number of nitrogens with zero attached hydrogens (tertiary/aromatic N) is 1. The predicted octanol–water partition coefficient (Wildman–Crippen LogP) is 3.35. The zero-order valence-electron chi connectivity index (χ0n) is 10.4. The average molecular weight is 277 g/mol. The summed E-state index contributed by atoms with van der Waals surface area (Å²) in [6.07, 6.45) is 1.66. The van der Waals surface area contributed by atoms with Crippen LogP contribution in [-0.2, 0) is 6.54 Å². The van der Waals surface area contributed by atoms with Crippen molar-refractivity contribution in [2.24, 2.45) is 0 Å². The van der Waals surface area contributed by atoms with Crippen LogP contribution in [0.1, 0.15) is 21.5 Å². The highest BCUT2D eigenvalue weighted by molar-refractivity contribution is 6.32. The van der Waals surface area contributed by atoms with Crippen molar-refractivity contribution in [3.05, 3.63) is 58.4 Å². The van der Waals surface area contributed by atoms with E-state index in [-0.39, 0.29) is 5.56 Å². The Morgan fingerprint density at radius 3 is 2.58 bits per heavy atom. The lowest BCUT2D eigenvalue weighted by Gasteiger charge is -2.10. The number of aromatic nitrogens is 1. The van der Waals surface area contributed by atoms with Crippen molar-refractivity contribution in [2.45, 2.75) is 13.5 Å². The second-order valence-corrected chi connectivity index (χ2v) is 4.51. The smallest absolute Gasteiger partial charge is 0.335 e. The number of carboxylic acids is 1. The maximum absolute atomic E-state index is 10.7. The van der Waals surface area contributed by atoms with E-state index in [1.807, 2.05) is 13.0 Å². The van der Waals surface area contributed by atoms with Crippen LogP contribution in [0.2, 0.25) is 5.15 Å². The molecule has 0 amide bonds. The lowest BCUT2D eigenvalue weighted by Crippen LogP contribution is -2.03. The normalized spacial score (nSPS) is 10.2. The molecule has 1 heterocycles. The molecule has 0 fully saturated rings. The molecule has 19 heavy (non-hydrogen) atoms. The number of benzene rings is 1. The Kier molecular flexibility index (Phi) is 4.02. The van der Waals surface area contributed by atoms with Crippen LogP contribution in [0.25, 0.3) is 0 Å².